The van der Waals surface area contributed by atoms with Gasteiger partial charge in [-0.2, -0.15) is 0 Å². The molecule has 0 aliphatic rings. The van der Waals surface area contributed by atoms with Crippen LogP contribution in [0.5, 0.6) is 0 Å². The van der Waals surface area contributed by atoms with Crippen molar-refractivity contribution in [1.82, 2.24) is 14.8 Å². The fraction of sp³-hybridized carbons (Fsp3) is 0.182. The molecule has 0 atom stereocenters. The lowest BCUT2D eigenvalue weighted by Crippen LogP contribution is -2.13. The molecule has 5 nitrogen and oxygen atoms in total. The molecule has 0 aliphatic heterocycles. The second-order valence-corrected chi connectivity index (χ2v) is 4.47. The molecule has 2 aromatic rings. The molecule has 2 N–H and O–H groups in total. The smallest absolute Gasteiger partial charge is 0.227 e. The number of aromatic nitrogens is 3. The van der Waals surface area contributed by atoms with Crippen LogP contribution >= 0.6 is 11.8 Å². The Morgan fingerprint density at radius 2 is 2.24 bits per heavy atom. The van der Waals surface area contributed by atoms with Crippen LogP contribution in [0, 0.1) is 6.92 Å². The van der Waals surface area contributed by atoms with Crippen LogP contribution in [0.15, 0.2) is 35.7 Å². The first-order valence-electron chi connectivity index (χ1n) is 5.05. The van der Waals surface area contributed by atoms with Crippen molar-refractivity contribution >= 4 is 17.7 Å². The lowest BCUT2D eigenvalue weighted by Gasteiger charge is -2.08. The molecule has 0 bridgehead atoms. The van der Waals surface area contributed by atoms with Crippen molar-refractivity contribution in [2.45, 2.75) is 12.1 Å². The van der Waals surface area contributed by atoms with Crippen LogP contribution in [0.1, 0.15) is 5.56 Å². The number of nitrogens with two attached hydrogens (primary N) is 1. The summed E-state index contributed by atoms with van der Waals surface area (Å²) in [6, 6.07) is 7.91. The molecule has 1 heterocycles. The van der Waals surface area contributed by atoms with E-state index in [4.69, 9.17) is 5.73 Å². The Hall–Kier alpha value is -1.82. The maximum atomic E-state index is 10.8. The van der Waals surface area contributed by atoms with Crippen molar-refractivity contribution in [1.29, 1.82) is 0 Å². The Bertz CT molecular complexity index is 538. The monoisotopic (exact) mass is 248 g/mol. The summed E-state index contributed by atoms with van der Waals surface area (Å²) in [6.45, 7) is 2.01. The molecular weight excluding hydrogens is 236 g/mol. The molecule has 0 saturated carbocycles. The minimum atomic E-state index is -0.366. The largest absolute Gasteiger partial charge is 0.369 e. The molecule has 0 radical (unpaired) electrons. The van der Waals surface area contributed by atoms with Crippen molar-refractivity contribution in [2.24, 2.45) is 5.73 Å². The highest BCUT2D eigenvalue weighted by molar-refractivity contribution is 7.99. The number of hydrogen-bond acceptors (Lipinski definition) is 4. The average molecular weight is 248 g/mol. The third-order valence-electron chi connectivity index (χ3n) is 2.23. The predicted molar refractivity (Wildman–Crippen MR) is 66.0 cm³/mol. The molecule has 0 spiro atoms. The molecular formula is C11H12N4OS. The number of amides is 1. The Balaban J connectivity index is 2.31. The first kappa shape index (κ1) is 11.7. The van der Waals surface area contributed by atoms with Gasteiger partial charge in [0, 0.05) is 0 Å². The summed E-state index contributed by atoms with van der Waals surface area (Å²) in [6.07, 6.45) is 1.63. The van der Waals surface area contributed by atoms with Gasteiger partial charge in [-0.15, -0.1) is 10.2 Å². The molecule has 1 amide bonds. The van der Waals surface area contributed by atoms with Crippen molar-refractivity contribution in [2.75, 3.05) is 5.75 Å². The van der Waals surface area contributed by atoms with Crippen molar-refractivity contribution in [3.63, 3.8) is 0 Å². The Labute approximate surface area is 103 Å². The lowest BCUT2D eigenvalue weighted by molar-refractivity contribution is -0.115. The van der Waals surface area contributed by atoms with Gasteiger partial charge in [0.1, 0.15) is 6.33 Å². The maximum Gasteiger partial charge on any atom is 0.227 e. The Morgan fingerprint density at radius 1 is 1.47 bits per heavy atom. The number of benzene rings is 1. The number of para-hydroxylation sites is 1. The molecule has 0 unspecified atom stereocenters. The van der Waals surface area contributed by atoms with E-state index in [1.807, 2.05) is 35.8 Å². The lowest BCUT2D eigenvalue weighted by atomic mass is 10.2. The highest BCUT2D eigenvalue weighted by atomic mass is 32.2. The molecule has 6 heteroatoms. The number of aryl methyl sites for hydroxylation is 1. The quantitative estimate of drug-likeness (QED) is 0.824. The Morgan fingerprint density at radius 3 is 2.94 bits per heavy atom. The topological polar surface area (TPSA) is 73.8 Å². The maximum absolute atomic E-state index is 10.8. The summed E-state index contributed by atoms with van der Waals surface area (Å²) in [7, 11) is 0. The number of rotatable bonds is 4. The summed E-state index contributed by atoms with van der Waals surface area (Å²) in [5, 5.41) is 8.50. The number of carbonyl (C=O) groups is 1. The van der Waals surface area contributed by atoms with Crippen LogP contribution in [0.2, 0.25) is 0 Å². The molecule has 0 fully saturated rings. The predicted octanol–water partition coefficient (Wildman–Crippen LogP) is 1.15. The summed E-state index contributed by atoms with van der Waals surface area (Å²) >= 11 is 1.28. The van der Waals surface area contributed by atoms with Crippen molar-refractivity contribution in [3.8, 4) is 5.69 Å². The van der Waals surface area contributed by atoms with Gasteiger partial charge in [0.05, 0.1) is 11.4 Å². The second kappa shape index (κ2) is 5.01. The Kier molecular flexibility index (Phi) is 3.43. The van der Waals surface area contributed by atoms with Gasteiger partial charge < -0.3 is 5.73 Å². The van der Waals surface area contributed by atoms with Crippen LogP contribution in [0.3, 0.4) is 0 Å². The molecule has 0 aliphatic carbocycles. The van der Waals surface area contributed by atoms with Crippen molar-refractivity contribution < 1.29 is 4.79 Å². The molecule has 1 aromatic carbocycles. The number of thioether (sulfide) groups is 1. The fourth-order valence-electron chi connectivity index (χ4n) is 1.46. The normalized spacial score (nSPS) is 10.4. The van der Waals surface area contributed by atoms with Crippen LogP contribution in [-0.4, -0.2) is 26.4 Å². The zero-order valence-electron chi connectivity index (χ0n) is 9.33. The highest BCUT2D eigenvalue weighted by Crippen LogP contribution is 2.21. The third kappa shape index (κ3) is 2.65. The fourth-order valence-corrected chi connectivity index (χ4v) is 2.12. The minimum absolute atomic E-state index is 0.199. The van der Waals surface area contributed by atoms with E-state index in [1.165, 1.54) is 11.8 Å². The zero-order valence-corrected chi connectivity index (χ0v) is 10.1. The second-order valence-electron chi connectivity index (χ2n) is 3.52. The van der Waals surface area contributed by atoms with Crippen LogP contribution in [-0.2, 0) is 4.79 Å². The summed E-state index contributed by atoms with van der Waals surface area (Å²) in [4.78, 5) is 10.8. The van der Waals surface area contributed by atoms with Gasteiger partial charge in [-0.05, 0) is 18.6 Å². The van der Waals surface area contributed by atoms with Crippen molar-refractivity contribution in [3.05, 3.63) is 36.2 Å². The standard InChI is InChI=1S/C11H12N4OS/c1-8-4-2-3-5-9(8)15-7-13-14-11(15)17-6-10(12)16/h2-5,7H,6H2,1H3,(H2,12,16). The number of hydrogen-bond donors (Lipinski definition) is 1. The molecule has 17 heavy (non-hydrogen) atoms. The average Bonchev–Trinajstić information content (AvgIpc) is 2.75. The minimum Gasteiger partial charge on any atom is -0.369 e. The first-order valence-corrected chi connectivity index (χ1v) is 6.04. The van der Waals surface area contributed by atoms with Gasteiger partial charge in [0.25, 0.3) is 0 Å². The summed E-state index contributed by atoms with van der Waals surface area (Å²) < 4.78 is 1.85. The van der Waals surface area contributed by atoms with E-state index in [0.29, 0.717) is 5.16 Å². The van der Waals surface area contributed by atoms with E-state index >= 15 is 0 Å². The van der Waals surface area contributed by atoms with Gasteiger partial charge >= 0.3 is 0 Å². The van der Waals surface area contributed by atoms with Gasteiger partial charge in [-0.3, -0.25) is 9.36 Å². The van der Waals surface area contributed by atoms with Crippen LogP contribution in [0.4, 0.5) is 0 Å². The van der Waals surface area contributed by atoms with Crippen LogP contribution in [0.25, 0.3) is 5.69 Å². The highest BCUT2D eigenvalue weighted by Gasteiger charge is 2.09. The number of nitrogens with zero attached hydrogens (tertiary/aromatic N) is 3. The van der Waals surface area contributed by atoms with E-state index in [0.717, 1.165) is 11.3 Å². The van der Waals surface area contributed by atoms with E-state index in [9.17, 15) is 4.79 Å². The summed E-state index contributed by atoms with van der Waals surface area (Å²) in [5.41, 5.74) is 7.23. The molecule has 1 aromatic heterocycles. The van der Waals surface area contributed by atoms with E-state index < -0.39 is 0 Å². The number of primary amides is 1. The van der Waals surface area contributed by atoms with Gasteiger partial charge in [0.15, 0.2) is 5.16 Å². The zero-order chi connectivity index (χ0) is 12.3. The van der Waals surface area contributed by atoms with E-state index in [-0.39, 0.29) is 11.7 Å². The molecule has 2 rings (SSSR count). The van der Waals surface area contributed by atoms with E-state index in [1.54, 1.807) is 6.33 Å². The van der Waals surface area contributed by atoms with Gasteiger partial charge in [0.2, 0.25) is 5.91 Å². The summed E-state index contributed by atoms with van der Waals surface area (Å²) in [5.74, 6) is -0.167. The molecule has 0 saturated heterocycles. The first-order chi connectivity index (χ1) is 8.18. The van der Waals surface area contributed by atoms with Gasteiger partial charge in [-0.1, -0.05) is 30.0 Å². The van der Waals surface area contributed by atoms with E-state index in [2.05, 4.69) is 10.2 Å². The number of carbonyl (C=O) groups excluding carboxylic acids is 1. The SMILES string of the molecule is Cc1ccccc1-n1cnnc1SCC(N)=O. The molecule has 88 valence electrons. The third-order valence-corrected chi connectivity index (χ3v) is 3.20. The van der Waals surface area contributed by atoms with Gasteiger partial charge in [-0.25, -0.2) is 0 Å². The van der Waals surface area contributed by atoms with Crippen LogP contribution < -0.4 is 5.73 Å².